The Morgan fingerprint density at radius 1 is 1.33 bits per heavy atom. The van der Waals surface area contributed by atoms with Crippen molar-refractivity contribution < 1.29 is 9.53 Å². The van der Waals surface area contributed by atoms with Crippen LogP contribution in [-0.4, -0.2) is 19.1 Å². The molecule has 118 valence electrons. The third-order valence-electron chi connectivity index (χ3n) is 3.17. The van der Waals surface area contributed by atoms with Crippen LogP contribution in [0.3, 0.4) is 0 Å². The molecule has 0 heterocycles. The lowest BCUT2D eigenvalue weighted by atomic mass is 9.96. The Balaban J connectivity index is 2.93. The van der Waals surface area contributed by atoms with Gasteiger partial charge in [0.1, 0.15) is 5.75 Å². The number of rotatable bonds is 9. The van der Waals surface area contributed by atoms with Crippen molar-refractivity contribution in [1.82, 2.24) is 5.32 Å². The van der Waals surface area contributed by atoms with E-state index in [1.165, 1.54) is 0 Å². The van der Waals surface area contributed by atoms with Gasteiger partial charge in [-0.1, -0.05) is 39.0 Å². The highest BCUT2D eigenvalue weighted by Gasteiger charge is 2.19. The Morgan fingerprint density at radius 2 is 2.05 bits per heavy atom. The molecular formula is C17H28N2O2. The van der Waals surface area contributed by atoms with Crippen molar-refractivity contribution in [3.63, 3.8) is 0 Å². The monoisotopic (exact) mass is 292 g/mol. The molecule has 0 bridgehead atoms. The van der Waals surface area contributed by atoms with Crippen molar-refractivity contribution in [2.24, 2.45) is 11.7 Å². The van der Waals surface area contributed by atoms with Gasteiger partial charge in [-0.25, -0.2) is 0 Å². The lowest BCUT2D eigenvalue weighted by Crippen LogP contribution is -2.31. The van der Waals surface area contributed by atoms with E-state index in [1.807, 2.05) is 24.3 Å². The van der Waals surface area contributed by atoms with E-state index >= 15 is 0 Å². The number of hydrogen-bond acceptors (Lipinski definition) is 3. The van der Waals surface area contributed by atoms with Crippen LogP contribution >= 0.6 is 0 Å². The molecule has 21 heavy (non-hydrogen) atoms. The Hall–Kier alpha value is -1.55. The summed E-state index contributed by atoms with van der Waals surface area (Å²) in [6, 6.07) is 7.91. The second-order valence-electron chi connectivity index (χ2n) is 5.67. The van der Waals surface area contributed by atoms with Gasteiger partial charge in [-0.15, -0.1) is 0 Å². The van der Waals surface area contributed by atoms with Gasteiger partial charge in [0.15, 0.2) is 0 Å². The number of para-hydroxylation sites is 1. The highest BCUT2D eigenvalue weighted by atomic mass is 16.5. The van der Waals surface area contributed by atoms with E-state index in [1.54, 1.807) is 0 Å². The fourth-order valence-electron chi connectivity index (χ4n) is 2.24. The Bertz CT molecular complexity index is 433. The van der Waals surface area contributed by atoms with Crippen molar-refractivity contribution in [2.75, 3.05) is 13.2 Å². The molecule has 3 N–H and O–H groups in total. The fourth-order valence-corrected chi connectivity index (χ4v) is 2.24. The largest absolute Gasteiger partial charge is 0.493 e. The average molecular weight is 292 g/mol. The zero-order valence-corrected chi connectivity index (χ0v) is 13.4. The third kappa shape index (κ3) is 6.17. The molecule has 0 aromatic heterocycles. The van der Waals surface area contributed by atoms with Crippen LogP contribution < -0.4 is 15.8 Å². The van der Waals surface area contributed by atoms with Gasteiger partial charge in [0, 0.05) is 18.5 Å². The van der Waals surface area contributed by atoms with Crippen molar-refractivity contribution in [1.29, 1.82) is 0 Å². The molecule has 0 saturated heterocycles. The Labute approximate surface area is 128 Å². The quantitative estimate of drug-likeness (QED) is 0.735. The molecule has 1 rings (SSSR count). The fraction of sp³-hybridized carbons (Fsp3) is 0.588. The molecule has 1 atom stereocenters. The second kappa shape index (κ2) is 9.40. The summed E-state index contributed by atoms with van der Waals surface area (Å²) >= 11 is 0. The number of nitrogens with two attached hydrogens (primary N) is 1. The summed E-state index contributed by atoms with van der Waals surface area (Å²) in [6.45, 7) is 7.43. The van der Waals surface area contributed by atoms with E-state index in [-0.39, 0.29) is 11.9 Å². The number of benzene rings is 1. The van der Waals surface area contributed by atoms with Crippen LogP contribution in [0.4, 0.5) is 0 Å². The van der Waals surface area contributed by atoms with Gasteiger partial charge in [0.25, 0.3) is 0 Å². The molecule has 0 aliphatic carbocycles. The van der Waals surface area contributed by atoms with Crippen molar-refractivity contribution in [3.05, 3.63) is 29.8 Å². The molecule has 1 amide bonds. The maximum absolute atomic E-state index is 11.9. The summed E-state index contributed by atoms with van der Waals surface area (Å²) in [7, 11) is 0. The van der Waals surface area contributed by atoms with Crippen LogP contribution in [0.5, 0.6) is 5.75 Å². The number of ether oxygens (including phenoxy) is 1. The summed E-state index contributed by atoms with van der Waals surface area (Å²) in [6.07, 6.45) is 2.19. The van der Waals surface area contributed by atoms with E-state index in [2.05, 4.69) is 26.1 Å². The molecule has 1 unspecified atom stereocenters. The number of hydrogen-bond donors (Lipinski definition) is 2. The number of amides is 1. The number of carbonyl (C=O) groups is 1. The second-order valence-corrected chi connectivity index (χ2v) is 5.67. The van der Waals surface area contributed by atoms with Crippen LogP contribution in [-0.2, 0) is 4.79 Å². The standard InChI is InChI=1S/C17H28N2O2/c1-4-11-21-16-8-6-5-7-14(16)15(12-13(2)3)19-17(20)9-10-18/h5-8,13,15H,4,9-12,18H2,1-3H3,(H,19,20). The van der Waals surface area contributed by atoms with Crippen LogP contribution in [0, 0.1) is 5.92 Å². The minimum Gasteiger partial charge on any atom is -0.493 e. The maximum Gasteiger partial charge on any atom is 0.221 e. The van der Waals surface area contributed by atoms with Crippen LogP contribution in [0.2, 0.25) is 0 Å². The highest BCUT2D eigenvalue weighted by molar-refractivity contribution is 5.76. The Kier molecular flexibility index (Phi) is 7.83. The van der Waals surface area contributed by atoms with Crippen LogP contribution in [0.25, 0.3) is 0 Å². The summed E-state index contributed by atoms with van der Waals surface area (Å²) in [5, 5.41) is 3.08. The lowest BCUT2D eigenvalue weighted by molar-refractivity contribution is -0.121. The minimum absolute atomic E-state index is 0.00607. The first-order valence-corrected chi connectivity index (χ1v) is 7.79. The molecular weight excluding hydrogens is 264 g/mol. The molecule has 0 fully saturated rings. The van der Waals surface area contributed by atoms with E-state index in [0.29, 0.717) is 25.5 Å². The van der Waals surface area contributed by atoms with Gasteiger partial charge in [-0.3, -0.25) is 4.79 Å². The summed E-state index contributed by atoms with van der Waals surface area (Å²) in [5.41, 5.74) is 6.50. The van der Waals surface area contributed by atoms with E-state index < -0.39 is 0 Å². The first-order chi connectivity index (χ1) is 10.1. The highest BCUT2D eigenvalue weighted by Crippen LogP contribution is 2.29. The predicted molar refractivity (Wildman–Crippen MR) is 86.2 cm³/mol. The maximum atomic E-state index is 11.9. The first kappa shape index (κ1) is 17.5. The summed E-state index contributed by atoms with van der Waals surface area (Å²) < 4.78 is 5.81. The molecule has 4 nitrogen and oxygen atoms in total. The molecule has 0 aliphatic rings. The molecule has 1 aromatic carbocycles. The molecule has 0 aliphatic heterocycles. The molecule has 4 heteroatoms. The SMILES string of the molecule is CCCOc1ccccc1C(CC(C)C)NC(=O)CCN. The van der Waals surface area contributed by atoms with Gasteiger partial charge >= 0.3 is 0 Å². The van der Waals surface area contributed by atoms with Crippen molar-refractivity contribution in [2.45, 2.75) is 46.1 Å². The lowest BCUT2D eigenvalue weighted by Gasteiger charge is -2.23. The van der Waals surface area contributed by atoms with Gasteiger partial charge in [0.2, 0.25) is 5.91 Å². The molecule has 0 radical (unpaired) electrons. The zero-order valence-electron chi connectivity index (χ0n) is 13.4. The molecule has 1 aromatic rings. The van der Waals surface area contributed by atoms with E-state index in [9.17, 15) is 4.79 Å². The van der Waals surface area contributed by atoms with Crippen LogP contribution in [0.1, 0.15) is 51.6 Å². The summed E-state index contributed by atoms with van der Waals surface area (Å²) in [4.78, 5) is 11.9. The van der Waals surface area contributed by atoms with Crippen LogP contribution in [0.15, 0.2) is 24.3 Å². The zero-order chi connectivity index (χ0) is 15.7. The summed E-state index contributed by atoms with van der Waals surface area (Å²) in [5.74, 6) is 1.33. The van der Waals surface area contributed by atoms with Gasteiger partial charge in [-0.2, -0.15) is 0 Å². The molecule has 0 spiro atoms. The molecule has 0 saturated carbocycles. The van der Waals surface area contributed by atoms with Gasteiger partial charge in [-0.05, 0) is 24.8 Å². The van der Waals surface area contributed by atoms with E-state index in [4.69, 9.17) is 10.5 Å². The van der Waals surface area contributed by atoms with Gasteiger partial charge < -0.3 is 15.8 Å². The number of carbonyl (C=O) groups excluding carboxylic acids is 1. The topological polar surface area (TPSA) is 64.3 Å². The smallest absolute Gasteiger partial charge is 0.221 e. The Morgan fingerprint density at radius 3 is 2.67 bits per heavy atom. The minimum atomic E-state index is -0.0305. The van der Waals surface area contributed by atoms with E-state index in [0.717, 1.165) is 24.2 Å². The first-order valence-electron chi connectivity index (χ1n) is 7.79. The third-order valence-corrected chi connectivity index (χ3v) is 3.17. The predicted octanol–water partition coefficient (Wildman–Crippen LogP) is 3.03. The van der Waals surface area contributed by atoms with Gasteiger partial charge in [0.05, 0.1) is 12.6 Å². The van der Waals surface area contributed by atoms with Crippen molar-refractivity contribution >= 4 is 5.91 Å². The number of nitrogens with one attached hydrogen (secondary N) is 1. The average Bonchev–Trinajstić information content (AvgIpc) is 2.44. The van der Waals surface area contributed by atoms with Crippen molar-refractivity contribution in [3.8, 4) is 5.75 Å². The normalized spacial score (nSPS) is 12.2.